The van der Waals surface area contributed by atoms with Gasteiger partial charge in [-0.15, -0.1) is 0 Å². The number of rotatable bonds is 10. The van der Waals surface area contributed by atoms with Gasteiger partial charge in [0, 0.05) is 44.3 Å². The number of hydrogen-bond acceptors (Lipinski definition) is 2. The van der Waals surface area contributed by atoms with Gasteiger partial charge in [-0.05, 0) is 152 Å². The van der Waals surface area contributed by atoms with Crippen molar-refractivity contribution >= 4 is 60.8 Å². The minimum Gasteiger partial charge on any atom is -0.456 e. The molecule has 0 amide bonds. The summed E-state index contributed by atoms with van der Waals surface area (Å²) in [5, 5.41) is 4.81. The Morgan fingerprint density at radius 3 is 1.19 bits per heavy atom. The first kappa shape index (κ1) is 43.8. The monoisotopic (exact) mass is 956 g/mol. The SMILES string of the molecule is c1ccc(-c2cccc(-c3ccc(N(c4ccc(-c5ccc(-c6cccc(-n7c8ccccc8c8ccccc87)c6)cc5)cc4)c4ccc(-c5cccc(-c6cccc7oc8ccccc8c67)c5)cc4)cc3)c2)cc1. The summed E-state index contributed by atoms with van der Waals surface area (Å²) in [4.78, 5) is 2.35. The van der Waals surface area contributed by atoms with Crippen molar-refractivity contribution in [1.82, 2.24) is 4.57 Å². The molecule has 14 rings (SSSR count). The van der Waals surface area contributed by atoms with Gasteiger partial charge in [-0.3, -0.25) is 0 Å². The van der Waals surface area contributed by atoms with Crippen LogP contribution in [-0.4, -0.2) is 4.57 Å². The average Bonchev–Trinajstić information content (AvgIpc) is 4.06. The first-order valence-corrected chi connectivity index (χ1v) is 25.6. The van der Waals surface area contributed by atoms with E-state index in [1.807, 2.05) is 12.1 Å². The second kappa shape index (κ2) is 18.6. The summed E-state index contributed by atoms with van der Waals surface area (Å²) in [5.74, 6) is 0. The lowest BCUT2D eigenvalue weighted by atomic mass is 9.96. The highest BCUT2D eigenvalue weighted by molar-refractivity contribution is 6.13. The molecular formula is C72H48N2O. The highest BCUT2D eigenvalue weighted by atomic mass is 16.3. The van der Waals surface area contributed by atoms with E-state index in [2.05, 4.69) is 289 Å². The maximum absolute atomic E-state index is 6.26. The molecule has 75 heavy (non-hydrogen) atoms. The van der Waals surface area contributed by atoms with E-state index in [4.69, 9.17) is 4.42 Å². The second-order valence-corrected chi connectivity index (χ2v) is 19.3. The Labute approximate surface area is 436 Å². The van der Waals surface area contributed by atoms with Crippen molar-refractivity contribution in [3.05, 3.63) is 291 Å². The van der Waals surface area contributed by atoms with Crippen LogP contribution in [-0.2, 0) is 0 Å². The highest BCUT2D eigenvalue weighted by Gasteiger charge is 2.17. The van der Waals surface area contributed by atoms with Crippen LogP contribution in [0.5, 0.6) is 0 Å². The van der Waals surface area contributed by atoms with Crippen LogP contribution in [0.2, 0.25) is 0 Å². The minimum absolute atomic E-state index is 0.900. The Morgan fingerprint density at radius 1 is 0.253 bits per heavy atom. The van der Waals surface area contributed by atoms with Crippen LogP contribution in [0.1, 0.15) is 0 Å². The van der Waals surface area contributed by atoms with Crippen molar-refractivity contribution in [2.75, 3.05) is 4.90 Å². The summed E-state index contributed by atoms with van der Waals surface area (Å²) in [6.45, 7) is 0. The molecule has 0 aliphatic carbocycles. The van der Waals surface area contributed by atoms with Crippen LogP contribution in [0.15, 0.2) is 296 Å². The normalized spacial score (nSPS) is 11.5. The summed E-state index contributed by atoms with van der Waals surface area (Å²) in [6.07, 6.45) is 0. The van der Waals surface area contributed by atoms with Crippen LogP contribution in [0.4, 0.5) is 17.1 Å². The van der Waals surface area contributed by atoms with Gasteiger partial charge in [0.25, 0.3) is 0 Å². The lowest BCUT2D eigenvalue weighted by Crippen LogP contribution is -2.09. The molecule has 0 bridgehead atoms. The van der Waals surface area contributed by atoms with E-state index < -0.39 is 0 Å². The van der Waals surface area contributed by atoms with Crippen LogP contribution in [0.3, 0.4) is 0 Å². The lowest BCUT2D eigenvalue weighted by Gasteiger charge is -2.26. The average molecular weight is 957 g/mol. The molecule has 14 aromatic rings. The molecule has 352 valence electrons. The van der Waals surface area contributed by atoms with Crippen LogP contribution in [0, 0.1) is 0 Å². The van der Waals surface area contributed by atoms with Gasteiger partial charge < -0.3 is 13.9 Å². The van der Waals surface area contributed by atoms with E-state index in [1.54, 1.807) is 0 Å². The summed E-state index contributed by atoms with van der Waals surface area (Å²) in [7, 11) is 0. The van der Waals surface area contributed by atoms with Crippen molar-refractivity contribution in [1.29, 1.82) is 0 Å². The van der Waals surface area contributed by atoms with Gasteiger partial charge in [0.15, 0.2) is 0 Å². The molecule has 0 N–H and O–H groups in total. The Hall–Kier alpha value is -9.96. The number of hydrogen-bond donors (Lipinski definition) is 0. The molecule has 12 aromatic carbocycles. The summed E-state index contributed by atoms with van der Waals surface area (Å²) >= 11 is 0. The van der Waals surface area contributed by atoms with E-state index in [0.717, 1.165) is 72.5 Å². The molecule has 0 aliphatic rings. The minimum atomic E-state index is 0.900. The largest absolute Gasteiger partial charge is 0.456 e. The van der Waals surface area contributed by atoms with Gasteiger partial charge in [0.2, 0.25) is 0 Å². The molecule has 0 unspecified atom stereocenters. The maximum Gasteiger partial charge on any atom is 0.136 e. The smallest absolute Gasteiger partial charge is 0.136 e. The fourth-order valence-electron chi connectivity index (χ4n) is 11.1. The molecule has 0 spiro atoms. The van der Waals surface area contributed by atoms with Crippen molar-refractivity contribution in [3.8, 4) is 72.4 Å². The molecule has 2 heterocycles. The fourth-order valence-corrected chi connectivity index (χ4v) is 11.1. The van der Waals surface area contributed by atoms with E-state index in [-0.39, 0.29) is 0 Å². The molecule has 0 saturated carbocycles. The zero-order valence-corrected chi connectivity index (χ0v) is 41.0. The third-order valence-electron chi connectivity index (χ3n) is 14.8. The third kappa shape index (κ3) is 8.04. The van der Waals surface area contributed by atoms with Crippen molar-refractivity contribution in [3.63, 3.8) is 0 Å². The van der Waals surface area contributed by atoms with Gasteiger partial charge in [0.05, 0.1) is 11.0 Å². The van der Waals surface area contributed by atoms with Crippen LogP contribution in [0.25, 0.3) is 116 Å². The van der Waals surface area contributed by atoms with Crippen molar-refractivity contribution in [2.45, 2.75) is 0 Å². The first-order chi connectivity index (χ1) is 37.2. The van der Waals surface area contributed by atoms with Gasteiger partial charge in [-0.25, -0.2) is 0 Å². The summed E-state index contributed by atoms with van der Waals surface area (Å²) in [5.41, 5.74) is 22.7. The molecule has 0 fully saturated rings. The van der Waals surface area contributed by atoms with Crippen molar-refractivity contribution in [2.24, 2.45) is 0 Å². The third-order valence-corrected chi connectivity index (χ3v) is 14.8. The lowest BCUT2D eigenvalue weighted by molar-refractivity contribution is 0.669. The predicted octanol–water partition coefficient (Wildman–Crippen LogP) is 20.2. The van der Waals surface area contributed by atoms with E-state index in [0.29, 0.717) is 0 Å². The summed E-state index contributed by atoms with van der Waals surface area (Å²) < 4.78 is 8.64. The number of nitrogens with zero attached hydrogens (tertiary/aromatic N) is 2. The van der Waals surface area contributed by atoms with Gasteiger partial charge in [0.1, 0.15) is 11.2 Å². The van der Waals surface area contributed by atoms with E-state index in [9.17, 15) is 0 Å². The van der Waals surface area contributed by atoms with Gasteiger partial charge in [-0.2, -0.15) is 0 Å². The zero-order valence-electron chi connectivity index (χ0n) is 41.0. The Balaban J connectivity index is 0.781. The number of para-hydroxylation sites is 3. The molecule has 2 aromatic heterocycles. The molecule has 3 nitrogen and oxygen atoms in total. The van der Waals surface area contributed by atoms with Crippen LogP contribution >= 0.6 is 0 Å². The fraction of sp³-hybridized carbons (Fsp3) is 0. The topological polar surface area (TPSA) is 21.3 Å². The highest BCUT2D eigenvalue weighted by Crippen LogP contribution is 2.41. The van der Waals surface area contributed by atoms with Crippen LogP contribution < -0.4 is 4.90 Å². The van der Waals surface area contributed by atoms with E-state index in [1.165, 1.54) is 60.8 Å². The molecule has 0 radical (unpaired) electrons. The molecule has 0 aliphatic heterocycles. The molecule has 0 atom stereocenters. The van der Waals surface area contributed by atoms with E-state index >= 15 is 0 Å². The number of anilines is 3. The molecular weight excluding hydrogens is 909 g/mol. The van der Waals surface area contributed by atoms with Crippen molar-refractivity contribution < 1.29 is 4.42 Å². The second-order valence-electron chi connectivity index (χ2n) is 19.3. The standard InChI is InChI=1S/C72H48N2O/c1-2-14-49(15-3-1)55-16-10-17-56(46-55)53-36-42-61(43-37-53)73(62-44-38-54(39-45-62)57-18-11-20-59(47-57)64-25-13-29-71-72(64)67-24-6-9-28-70(67)75-71)60-40-34-51(35-41-60)50-30-32-52(33-31-50)58-19-12-21-63(48-58)74-68-26-7-4-22-65(68)66-23-5-8-27-69(66)74/h1-48H. The Bertz CT molecular complexity index is 4320. The molecule has 0 saturated heterocycles. The van der Waals surface area contributed by atoms with Gasteiger partial charge in [-0.1, -0.05) is 206 Å². The number of furan rings is 1. The quantitative estimate of drug-likeness (QED) is 0.136. The summed E-state index contributed by atoms with van der Waals surface area (Å²) in [6, 6.07) is 105. The number of fused-ring (bicyclic) bond motifs is 6. The Kier molecular flexibility index (Phi) is 10.8. The number of aromatic nitrogens is 1. The van der Waals surface area contributed by atoms with Gasteiger partial charge >= 0.3 is 0 Å². The Morgan fingerprint density at radius 2 is 0.627 bits per heavy atom. The molecule has 3 heteroatoms. The number of benzene rings is 12. The zero-order chi connectivity index (χ0) is 49.7. The predicted molar refractivity (Wildman–Crippen MR) is 315 cm³/mol. The first-order valence-electron chi connectivity index (χ1n) is 25.6. The maximum atomic E-state index is 6.26.